The second-order valence-electron chi connectivity index (χ2n) is 3.73. The molecule has 0 saturated heterocycles. The quantitative estimate of drug-likeness (QED) is 0.737. The van der Waals surface area contributed by atoms with E-state index in [1.54, 1.807) is 0 Å². The van der Waals surface area contributed by atoms with Crippen molar-refractivity contribution in [3.05, 3.63) is 17.0 Å². The van der Waals surface area contributed by atoms with E-state index in [2.05, 4.69) is 16.7 Å². The molecule has 0 amide bonds. The Labute approximate surface area is 78.9 Å². The topological polar surface area (TPSA) is 43.8 Å². The molecule has 3 nitrogen and oxygen atoms in total. The van der Waals surface area contributed by atoms with Gasteiger partial charge in [-0.25, -0.2) is 0 Å². The molecule has 0 spiro atoms. The van der Waals surface area contributed by atoms with Crippen LogP contribution >= 0.6 is 0 Å². The van der Waals surface area contributed by atoms with Gasteiger partial charge in [0.15, 0.2) is 0 Å². The molecule has 2 N–H and O–H groups in total. The Morgan fingerprint density at radius 2 is 2.15 bits per heavy atom. The first kappa shape index (κ1) is 8.75. The Balaban J connectivity index is 2.33. The van der Waals surface area contributed by atoms with Crippen molar-refractivity contribution in [2.24, 2.45) is 5.73 Å². The van der Waals surface area contributed by atoms with Gasteiger partial charge in [0.2, 0.25) is 0 Å². The average Bonchev–Trinajstić information content (AvgIpc) is 2.46. The molecule has 1 aromatic rings. The molecule has 1 heterocycles. The lowest BCUT2D eigenvalue weighted by Crippen LogP contribution is -2.12. The number of hydrogen-bond donors (Lipinski definition) is 1. The molecule has 3 heteroatoms. The minimum absolute atomic E-state index is 0.682. The predicted octanol–water partition coefficient (Wildman–Crippen LogP) is 1.03. The number of aromatic nitrogens is 2. The van der Waals surface area contributed by atoms with E-state index in [0.717, 1.165) is 13.0 Å². The van der Waals surface area contributed by atoms with Crippen LogP contribution in [0.3, 0.4) is 0 Å². The lowest BCUT2D eigenvalue weighted by Gasteiger charge is -2.08. The van der Waals surface area contributed by atoms with Crippen LogP contribution in [0.25, 0.3) is 0 Å². The molecule has 13 heavy (non-hydrogen) atoms. The van der Waals surface area contributed by atoms with Crippen LogP contribution in [-0.4, -0.2) is 16.3 Å². The Bertz CT molecular complexity index is 301. The Morgan fingerprint density at radius 1 is 1.38 bits per heavy atom. The van der Waals surface area contributed by atoms with Gasteiger partial charge in [0.05, 0.1) is 12.2 Å². The molecule has 0 atom stereocenters. The van der Waals surface area contributed by atoms with Crippen LogP contribution in [0.5, 0.6) is 0 Å². The molecule has 0 aromatic carbocycles. The van der Waals surface area contributed by atoms with Crippen LogP contribution in [0.4, 0.5) is 0 Å². The van der Waals surface area contributed by atoms with Crippen molar-refractivity contribution in [1.82, 2.24) is 9.78 Å². The molecule has 0 bridgehead atoms. The van der Waals surface area contributed by atoms with E-state index in [1.165, 1.54) is 36.2 Å². The summed E-state index contributed by atoms with van der Waals surface area (Å²) in [6.45, 7) is 3.70. The van der Waals surface area contributed by atoms with Gasteiger partial charge >= 0.3 is 0 Å². The molecule has 0 aliphatic heterocycles. The lowest BCUT2D eigenvalue weighted by molar-refractivity contribution is 0.596. The van der Waals surface area contributed by atoms with Gasteiger partial charge in [0.1, 0.15) is 0 Å². The van der Waals surface area contributed by atoms with Gasteiger partial charge in [-0.05, 0) is 38.2 Å². The highest BCUT2D eigenvalue weighted by Gasteiger charge is 2.16. The van der Waals surface area contributed by atoms with E-state index in [-0.39, 0.29) is 0 Å². The van der Waals surface area contributed by atoms with Gasteiger partial charge < -0.3 is 5.73 Å². The molecule has 0 fully saturated rings. The van der Waals surface area contributed by atoms with Crippen molar-refractivity contribution in [3.8, 4) is 0 Å². The maximum atomic E-state index is 5.53. The summed E-state index contributed by atoms with van der Waals surface area (Å²) in [5.41, 5.74) is 9.66. The third-order valence-corrected chi connectivity index (χ3v) is 2.84. The highest BCUT2D eigenvalue weighted by molar-refractivity contribution is 5.27. The van der Waals surface area contributed by atoms with E-state index in [1.807, 2.05) is 0 Å². The third kappa shape index (κ3) is 1.48. The first-order chi connectivity index (χ1) is 6.33. The summed E-state index contributed by atoms with van der Waals surface area (Å²) in [4.78, 5) is 0. The maximum absolute atomic E-state index is 5.53. The summed E-state index contributed by atoms with van der Waals surface area (Å²) in [6.07, 6.45) is 4.99. The van der Waals surface area contributed by atoms with E-state index in [0.29, 0.717) is 6.54 Å². The van der Waals surface area contributed by atoms with Crippen LogP contribution < -0.4 is 5.73 Å². The van der Waals surface area contributed by atoms with E-state index in [9.17, 15) is 0 Å². The zero-order chi connectivity index (χ0) is 9.26. The fraction of sp³-hybridized carbons (Fsp3) is 0.700. The third-order valence-electron chi connectivity index (χ3n) is 2.84. The molecule has 2 rings (SSSR count). The van der Waals surface area contributed by atoms with Crippen LogP contribution in [0.2, 0.25) is 0 Å². The van der Waals surface area contributed by atoms with E-state index >= 15 is 0 Å². The number of nitrogens with zero attached hydrogens (tertiary/aromatic N) is 2. The maximum Gasteiger partial charge on any atom is 0.0659 e. The van der Waals surface area contributed by atoms with Crippen LogP contribution in [0.1, 0.15) is 29.8 Å². The molecule has 1 aromatic heterocycles. The number of nitrogens with two attached hydrogens (primary N) is 1. The number of rotatable bonds is 2. The Hall–Kier alpha value is -0.830. The van der Waals surface area contributed by atoms with Gasteiger partial charge in [-0.1, -0.05) is 0 Å². The fourth-order valence-corrected chi connectivity index (χ4v) is 2.11. The van der Waals surface area contributed by atoms with Gasteiger partial charge in [-0.15, -0.1) is 0 Å². The normalized spacial score (nSPS) is 15.8. The van der Waals surface area contributed by atoms with Crippen molar-refractivity contribution >= 4 is 0 Å². The highest BCUT2D eigenvalue weighted by Crippen LogP contribution is 2.23. The molecule has 0 radical (unpaired) electrons. The largest absolute Gasteiger partial charge is 0.329 e. The Morgan fingerprint density at radius 3 is 2.85 bits per heavy atom. The zero-order valence-electron chi connectivity index (χ0n) is 8.21. The highest BCUT2D eigenvalue weighted by atomic mass is 15.3. The first-order valence-electron chi connectivity index (χ1n) is 5.08. The summed E-state index contributed by atoms with van der Waals surface area (Å²) in [5, 5.41) is 4.58. The second kappa shape index (κ2) is 3.50. The van der Waals surface area contributed by atoms with Crippen molar-refractivity contribution in [1.29, 1.82) is 0 Å². The van der Waals surface area contributed by atoms with Gasteiger partial charge in [0.25, 0.3) is 0 Å². The summed E-state index contributed by atoms with van der Waals surface area (Å²) in [7, 11) is 0. The van der Waals surface area contributed by atoms with Crippen LogP contribution in [-0.2, 0) is 19.4 Å². The van der Waals surface area contributed by atoms with Crippen molar-refractivity contribution in [2.45, 2.75) is 39.2 Å². The number of fused-ring (bicyclic) bond motifs is 1. The van der Waals surface area contributed by atoms with Crippen molar-refractivity contribution in [3.63, 3.8) is 0 Å². The number of hydrogen-bond acceptors (Lipinski definition) is 2. The minimum Gasteiger partial charge on any atom is -0.329 e. The van der Waals surface area contributed by atoms with Gasteiger partial charge in [-0.2, -0.15) is 5.10 Å². The second-order valence-corrected chi connectivity index (χ2v) is 3.73. The standard InChI is InChI=1S/C10H17N3/c1-8-9-4-2-3-5-10(9)12-13(8)7-6-11/h2-7,11H2,1H3. The molecular formula is C10H17N3. The smallest absolute Gasteiger partial charge is 0.0659 e. The van der Waals surface area contributed by atoms with E-state index in [4.69, 9.17) is 5.73 Å². The summed E-state index contributed by atoms with van der Waals surface area (Å²) in [6, 6.07) is 0. The van der Waals surface area contributed by atoms with Gasteiger partial charge in [0, 0.05) is 12.2 Å². The van der Waals surface area contributed by atoms with Crippen LogP contribution in [0.15, 0.2) is 0 Å². The average molecular weight is 179 g/mol. The SMILES string of the molecule is Cc1c2c(nn1CCN)CCCC2. The molecule has 0 unspecified atom stereocenters. The lowest BCUT2D eigenvalue weighted by atomic mass is 9.96. The minimum atomic E-state index is 0.682. The first-order valence-corrected chi connectivity index (χ1v) is 5.08. The van der Waals surface area contributed by atoms with Crippen LogP contribution in [0, 0.1) is 6.92 Å². The number of aryl methyl sites for hydroxylation is 1. The molecule has 1 aliphatic rings. The van der Waals surface area contributed by atoms with Crippen molar-refractivity contribution in [2.75, 3.05) is 6.54 Å². The summed E-state index contributed by atoms with van der Waals surface area (Å²) in [5.74, 6) is 0. The van der Waals surface area contributed by atoms with E-state index < -0.39 is 0 Å². The Kier molecular flexibility index (Phi) is 2.36. The summed E-state index contributed by atoms with van der Waals surface area (Å²) >= 11 is 0. The fourth-order valence-electron chi connectivity index (χ4n) is 2.11. The molecular weight excluding hydrogens is 162 g/mol. The molecule has 0 saturated carbocycles. The predicted molar refractivity (Wildman–Crippen MR) is 52.7 cm³/mol. The van der Waals surface area contributed by atoms with Gasteiger partial charge in [-0.3, -0.25) is 4.68 Å². The monoisotopic (exact) mass is 179 g/mol. The zero-order valence-corrected chi connectivity index (χ0v) is 8.21. The molecule has 72 valence electrons. The molecule has 1 aliphatic carbocycles. The summed E-state index contributed by atoms with van der Waals surface area (Å²) < 4.78 is 2.07. The van der Waals surface area contributed by atoms with Crippen molar-refractivity contribution < 1.29 is 0 Å².